The van der Waals surface area contributed by atoms with Crippen LogP contribution in [0.1, 0.15) is 36.7 Å². The number of nitrogens with one attached hydrogen (secondary N) is 2. The smallest absolute Gasteiger partial charge is 0.315 e. The lowest BCUT2D eigenvalue weighted by Crippen LogP contribution is -2.35. The number of fused-ring (bicyclic) bond motifs is 1. The van der Waals surface area contributed by atoms with Crippen LogP contribution in [0.5, 0.6) is 0 Å². The molecule has 6 nitrogen and oxygen atoms in total. The van der Waals surface area contributed by atoms with E-state index in [1.54, 1.807) is 12.1 Å². The van der Waals surface area contributed by atoms with Gasteiger partial charge in [0.2, 0.25) is 0 Å². The number of nitrogens with zero attached hydrogens (tertiary/aromatic N) is 3. The summed E-state index contributed by atoms with van der Waals surface area (Å²) < 4.78 is 15.2. The van der Waals surface area contributed by atoms with Gasteiger partial charge in [-0.15, -0.1) is 0 Å². The van der Waals surface area contributed by atoms with E-state index < -0.39 is 0 Å². The number of amides is 2. The molecule has 0 saturated heterocycles. The summed E-state index contributed by atoms with van der Waals surface area (Å²) in [6.07, 6.45) is 2.42. The molecule has 0 radical (unpaired) electrons. The van der Waals surface area contributed by atoms with Gasteiger partial charge in [-0.2, -0.15) is 5.10 Å². The first-order valence-corrected chi connectivity index (χ1v) is 9.18. The van der Waals surface area contributed by atoms with E-state index in [4.69, 9.17) is 0 Å². The molecule has 140 valence electrons. The van der Waals surface area contributed by atoms with Crippen molar-refractivity contribution in [2.24, 2.45) is 0 Å². The predicted octanol–water partition coefficient (Wildman–Crippen LogP) is 2.64. The minimum atomic E-state index is -0.304. The molecule has 2 aromatic rings. The molecule has 2 heterocycles. The van der Waals surface area contributed by atoms with Crippen LogP contribution in [0.3, 0.4) is 0 Å². The highest BCUT2D eigenvalue weighted by Gasteiger charge is 2.17. The van der Waals surface area contributed by atoms with Crippen LogP contribution < -0.4 is 10.6 Å². The second-order valence-corrected chi connectivity index (χ2v) is 6.65. The Morgan fingerprint density at radius 3 is 2.88 bits per heavy atom. The summed E-state index contributed by atoms with van der Waals surface area (Å²) in [5.74, 6) is -0.304. The number of hydrogen-bond acceptors (Lipinski definition) is 3. The van der Waals surface area contributed by atoms with E-state index in [1.165, 1.54) is 30.7 Å². The summed E-state index contributed by atoms with van der Waals surface area (Å²) in [6.45, 7) is 6.83. The summed E-state index contributed by atoms with van der Waals surface area (Å²) in [5, 5.41) is 10.1. The Kier molecular flexibility index (Phi) is 6.22. The molecule has 3 rings (SSSR count). The Hall–Kier alpha value is -2.41. The molecule has 1 aliphatic heterocycles. The van der Waals surface area contributed by atoms with Crippen LogP contribution in [-0.2, 0) is 26.2 Å². The third-order valence-electron chi connectivity index (χ3n) is 4.53. The molecule has 2 amide bonds. The molecule has 1 aliphatic rings. The SMILES string of the molecule is CCCCN1CCn2nc(CNC(=O)NCc3cccc(F)c3)cc2C1. The van der Waals surface area contributed by atoms with Crippen molar-refractivity contribution in [2.75, 3.05) is 13.1 Å². The number of rotatable bonds is 7. The fraction of sp³-hybridized carbons (Fsp3) is 0.474. The van der Waals surface area contributed by atoms with Crippen LogP contribution in [0.4, 0.5) is 9.18 Å². The Morgan fingerprint density at radius 2 is 2.08 bits per heavy atom. The van der Waals surface area contributed by atoms with Crippen molar-refractivity contribution in [3.8, 4) is 0 Å². The molecule has 0 unspecified atom stereocenters. The van der Waals surface area contributed by atoms with Crippen LogP contribution in [0.15, 0.2) is 30.3 Å². The second-order valence-electron chi connectivity index (χ2n) is 6.65. The summed E-state index contributed by atoms with van der Waals surface area (Å²) in [7, 11) is 0. The molecule has 0 atom stereocenters. The fourth-order valence-corrected chi connectivity index (χ4v) is 3.10. The fourth-order valence-electron chi connectivity index (χ4n) is 3.10. The molecule has 0 aliphatic carbocycles. The number of halogens is 1. The Morgan fingerprint density at radius 1 is 1.23 bits per heavy atom. The second kappa shape index (κ2) is 8.80. The summed E-state index contributed by atoms with van der Waals surface area (Å²) in [4.78, 5) is 14.4. The normalized spacial score (nSPS) is 14.1. The topological polar surface area (TPSA) is 62.2 Å². The first-order valence-electron chi connectivity index (χ1n) is 9.18. The van der Waals surface area contributed by atoms with E-state index in [9.17, 15) is 9.18 Å². The molecule has 7 heteroatoms. The lowest BCUT2D eigenvalue weighted by atomic mass is 10.2. The highest BCUT2D eigenvalue weighted by Crippen LogP contribution is 2.14. The molecule has 1 aromatic heterocycles. The Labute approximate surface area is 153 Å². The zero-order valence-electron chi connectivity index (χ0n) is 15.2. The summed E-state index contributed by atoms with van der Waals surface area (Å²) >= 11 is 0. The van der Waals surface area contributed by atoms with Crippen molar-refractivity contribution >= 4 is 6.03 Å². The van der Waals surface area contributed by atoms with Crippen LogP contribution in [-0.4, -0.2) is 33.8 Å². The van der Waals surface area contributed by atoms with Crippen LogP contribution >= 0.6 is 0 Å². The number of aromatic nitrogens is 2. The largest absolute Gasteiger partial charge is 0.334 e. The summed E-state index contributed by atoms with van der Waals surface area (Å²) in [5.41, 5.74) is 2.78. The zero-order valence-corrected chi connectivity index (χ0v) is 15.2. The van der Waals surface area contributed by atoms with E-state index in [-0.39, 0.29) is 18.4 Å². The van der Waals surface area contributed by atoms with Gasteiger partial charge in [0.05, 0.1) is 24.5 Å². The molecule has 26 heavy (non-hydrogen) atoms. The highest BCUT2D eigenvalue weighted by atomic mass is 19.1. The van der Waals surface area contributed by atoms with Gasteiger partial charge in [0.15, 0.2) is 0 Å². The van der Waals surface area contributed by atoms with Crippen LogP contribution in [0, 0.1) is 5.82 Å². The third-order valence-corrected chi connectivity index (χ3v) is 4.53. The van der Waals surface area contributed by atoms with Crippen molar-refractivity contribution in [3.05, 3.63) is 53.1 Å². The average molecular weight is 359 g/mol. The molecule has 0 spiro atoms. The first kappa shape index (κ1) is 18.4. The lowest BCUT2D eigenvalue weighted by Gasteiger charge is -2.27. The Bertz CT molecular complexity index is 745. The standard InChI is InChI=1S/C19H26FN5O/c1-2-3-7-24-8-9-25-18(14-24)11-17(23-25)13-22-19(26)21-12-15-5-4-6-16(20)10-15/h4-6,10-11H,2-3,7-9,12-14H2,1H3,(H2,21,22,26). The maximum Gasteiger partial charge on any atom is 0.315 e. The first-order chi connectivity index (χ1) is 12.6. The number of carbonyl (C=O) groups is 1. The molecule has 2 N–H and O–H groups in total. The van der Waals surface area contributed by atoms with Crippen molar-refractivity contribution in [2.45, 2.75) is 45.9 Å². The molecule has 0 bridgehead atoms. The average Bonchev–Trinajstić information content (AvgIpc) is 3.05. The monoisotopic (exact) mass is 359 g/mol. The van der Waals surface area contributed by atoms with Crippen LogP contribution in [0.2, 0.25) is 0 Å². The van der Waals surface area contributed by atoms with Gasteiger partial charge in [0, 0.05) is 19.6 Å². The zero-order chi connectivity index (χ0) is 18.4. The maximum absolute atomic E-state index is 13.1. The van der Waals surface area contributed by atoms with Gasteiger partial charge in [0.25, 0.3) is 0 Å². The van der Waals surface area contributed by atoms with Gasteiger partial charge < -0.3 is 10.6 Å². The molecular weight excluding hydrogens is 333 g/mol. The number of hydrogen-bond donors (Lipinski definition) is 2. The third kappa shape index (κ3) is 5.05. The minimum absolute atomic E-state index is 0.287. The van der Waals surface area contributed by atoms with Crippen molar-refractivity contribution in [1.29, 1.82) is 0 Å². The number of carbonyl (C=O) groups excluding carboxylic acids is 1. The molecular formula is C19H26FN5O. The van der Waals surface area contributed by atoms with Gasteiger partial charge in [-0.3, -0.25) is 9.58 Å². The van der Waals surface area contributed by atoms with Gasteiger partial charge in [-0.25, -0.2) is 9.18 Å². The number of urea groups is 1. The maximum atomic E-state index is 13.1. The van der Waals surface area contributed by atoms with Gasteiger partial charge in [-0.1, -0.05) is 25.5 Å². The summed E-state index contributed by atoms with van der Waals surface area (Å²) in [6, 6.07) is 7.97. The highest BCUT2D eigenvalue weighted by molar-refractivity contribution is 5.73. The molecule has 0 fully saturated rings. The van der Waals surface area contributed by atoms with E-state index in [0.29, 0.717) is 6.54 Å². The van der Waals surface area contributed by atoms with Crippen LogP contribution in [0.25, 0.3) is 0 Å². The lowest BCUT2D eigenvalue weighted by molar-refractivity contribution is 0.210. The number of unbranched alkanes of at least 4 members (excludes halogenated alkanes) is 1. The van der Waals surface area contributed by atoms with Gasteiger partial charge in [0.1, 0.15) is 5.82 Å². The van der Waals surface area contributed by atoms with Crippen molar-refractivity contribution in [3.63, 3.8) is 0 Å². The quantitative estimate of drug-likeness (QED) is 0.799. The van der Waals surface area contributed by atoms with Gasteiger partial charge >= 0.3 is 6.03 Å². The van der Waals surface area contributed by atoms with E-state index in [2.05, 4.69) is 33.6 Å². The Balaban J connectivity index is 1.45. The molecule has 0 saturated carbocycles. The minimum Gasteiger partial charge on any atom is -0.334 e. The van der Waals surface area contributed by atoms with Crippen molar-refractivity contribution < 1.29 is 9.18 Å². The van der Waals surface area contributed by atoms with E-state index in [0.717, 1.165) is 37.4 Å². The van der Waals surface area contributed by atoms with E-state index >= 15 is 0 Å². The predicted molar refractivity (Wildman–Crippen MR) is 97.9 cm³/mol. The number of benzene rings is 1. The van der Waals surface area contributed by atoms with E-state index in [1.807, 2.05) is 4.68 Å². The van der Waals surface area contributed by atoms with Crippen molar-refractivity contribution in [1.82, 2.24) is 25.3 Å². The van der Waals surface area contributed by atoms with Gasteiger partial charge in [-0.05, 0) is 36.7 Å². The molecule has 1 aromatic carbocycles.